The van der Waals surface area contributed by atoms with Gasteiger partial charge in [0.2, 0.25) is 0 Å². The van der Waals surface area contributed by atoms with Crippen LogP contribution in [0.1, 0.15) is 19.8 Å². The maximum absolute atomic E-state index is 13.7. The average molecular weight is 271 g/mol. The van der Waals surface area contributed by atoms with Gasteiger partial charge in [0, 0.05) is 6.04 Å². The predicted octanol–water partition coefficient (Wildman–Crippen LogP) is 3.62. The topological polar surface area (TPSA) is 15.3 Å². The first-order chi connectivity index (χ1) is 8.58. The van der Waals surface area contributed by atoms with Crippen LogP contribution in [0.4, 0.5) is 10.1 Å². The molecule has 18 heavy (non-hydrogen) atoms. The Labute approximate surface area is 113 Å². The summed E-state index contributed by atoms with van der Waals surface area (Å²) in [6.07, 6.45) is 2.30. The molecule has 1 aliphatic heterocycles. The molecule has 1 atom stereocenters. The first-order valence-corrected chi connectivity index (χ1v) is 6.85. The van der Waals surface area contributed by atoms with Gasteiger partial charge in [-0.05, 0) is 58.0 Å². The van der Waals surface area contributed by atoms with E-state index in [1.165, 1.54) is 6.07 Å². The summed E-state index contributed by atoms with van der Waals surface area (Å²) >= 11 is 6.02. The van der Waals surface area contributed by atoms with Crippen LogP contribution < -0.4 is 5.32 Å². The second-order valence-electron chi connectivity index (χ2n) is 5.17. The number of hydrogen-bond donors (Lipinski definition) is 1. The number of rotatable bonds is 3. The third-order valence-electron chi connectivity index (χ3n) is 3.81. The van der Waals surface area contributed by atoms with Gasteiger partial charge in [0.1, 0.15) is 5.82 Å². The number of anilines is 1. The fraction of sp³-hybridized carbons (Fsp3) is 0.571. The van der Waals surface area contributed by atoms with Crippen LogP contribution in [0.15, 0.2) is 18.2 Å². The summed E-state index contributed by atoms with van der Waals surface area (Å²) in [5.41, 5.74) is 0.436. The molecule has 0 bridgehead atoms. The van der Waals surface area contributed by atoms with E-state index in [1.54, 1.807) is 12.1 Å². The van der Waals surface area contributed by atoms with E-state index in [2.05, 4.69) is 24.2 Å². The number of nitrogens with one attached hydrogen (secondary N) is 1. The largest absolute Gasteiger partial charge is 0.379 e. The molecule has 2 nitrogen and oxygen atoms in total. The highest BCUT2D eigenvalue weighted by atomic mass is 35.5. The molecule has 0 amide bonds. The van der Waals surface area contributed by atoms with Gasteiger partial charge < -0.3 is 10.2 Å². The SMILES string of the molecule is CC(Nc1c(F)cccc1Cl)C1CCN(C)CC1. The summed E-state index contributed by atoms with van der Waals surface area (Å²) in [5, 5.41) is 3.69. The van der Waals surface area contributed by atoms with Gasteiger partial charge in [-0.25, -0.2) is 4.39 Å². The fourth-order valence-electron chi connectivity index (χ4n) is 2.51. The van der Waals surface area contributed by atoms with Crippen molar-refractivity contribution in [3.05, 3.63) is 29.0 Å². The Bertz CT molecular complexity index is 383. The standard InChI is InChI=1S/C14H20ClFN2/c1-10(11-6-8-18(2)9-7-11)17-14-12(15)4-3-5-13(14)16/h3-5,10-11,17H,6-9H2,1-2H3. The summed E-state index contributed by atoms with van der Waals surface area (Å²) in [6, 6.07) is 5.03. The zero-order valence-corrected chi connectivity index (χ0v) is 11.7. The molecule has 0 saturated carbocycles. The molecule has 0 radical (unpaired) electrons. The molecule has 1 aliphatic rings. The smallest absolute Gasteiger partial charge is 0.147 e. The Morgan fingerprint density at radius 3 is 2.67 bits per heavy atom. The molecule has 1 aromatic rings. The lowest BCUT2D eigenvalue weighted by molar-refractivity contribution is 0.208. The lowest BCUT2D eigenvalue weighted by atomic mass is 9.90. The van der Waals surface area contributed by atoms with E-state index < -0.39 is 0 Å². The molecular formula is C14H20ClFN2. The second kappa shape index (κ2) is 5.89. The number of nitrogens with zero attached hydrogens (tertiary/aromatic N) is 1. The zero-order chi connectivity index (χ0) is 13.1. The summed E-state index contributed by atoms with van der Waals surface area (Å²) in [6.45, 7) is 4.34. The maximum atomic E-state index is 13.7. The lowest BCUT2D eigenvalue weighted by Crippen LogP contribution is -2.37. The van der Waals surface area contributed by atoms with Gasteiger partial charge in [-0.15, -0.1) is 0 Å². The number of halogens is 2. The number of piperidine rings is 1. The Balaban J connectivity index is 2.00. The third-order valence-corrected chi connectivity index (χ3v) is 4.12. The summed E-state index contributed by atoms with van der Waals surface area (Å²) < 4.78 is 13.7. The number of para-hydroxylation sites is 1. The van der Waals surface area contributed by atoms with Gasteiger partial charge in [-0.1, -0.05) is 17.7 Å². The highest BCUT2D eigenvalue weighted by molar-refractivity contribution is 6.33. The third kappa shape index (κ3) is 3.15. The Kier molecular flexibility index (Phi) is 4.46. The van der Waals surface area contributed by atoms with Crippen LogP contribution in [0, 0.1) is 11.7 Å². The second-order valence-corrected chi connectivity index (χ2v) is 5.58. The monoisotopic (exact) mass is 270 g/mol. The minimum absolute atomic E-state index is 0.244. The van der Waals surface area contributed by atoms with Crippen molar-refractivity contribution in [2.45, 2.75) is 25.8 Å². The van der Waals surface area contributed by atoms with E-state index in [-0.39, 0.29) is 11.9 Å². The van der Waals surface area contributed by atoms with Crippen molar-refractivity contribution in [3.8, 4) is 0 Å². The molecule has 4 heteroatoms. The maximum Gasteiger partial charge on any atom is 0.147 e. The van der Waals surface area contributed by atoms with Gasteiger partial charge in [-0.3, -0.25) is 0 Å². The number of benzene rings is 1. The van der Waals surface area contributed by atoms with Crippen molar-refractivity contribution in [2.24, 2.45) is 5.92 Å². The molecule has 0 aliphatic carbocycles. The summed E-state index contributed by atoms with van der Waals surface area (Å²) in [4.78, 5) is 2.33. The zero-order valence-electron chi connectivity index (χ0n) is 10.9. The van der Waals surface area contributed by atoms with Gasteiger partial charge >= 0.3 is 0 Å². The van der Waals surface area contributed by atoms with Crippen molar-refractivity contribution in [2.75, 3.05) is 25.5 Å². The molecule has 0 spiro atoms. The van der Waals surface area contributed by atoms with E-state index in [9.17, 15) is 4.39 Å². The lowest BCUT2D eigenvalue weighted by Gasteiger charge is -2.33. The van der Waals surface area contributed by atoms with Crippen molar-refractivity contribution in [1.29, 1.82) is 0 Å². The van der Waals surface area contributed by atoms with E-state index in [4.69, 9.17) is 11.6 Å². The molecule has 1 aromatic carbocycles. The van der Waals surface area contributed by atoms with E-state index in [0.29, 0.717) is 16.6 Å². The molecule has 1 unspecified atom stereocenters. The van der Waals surface area contributed by atoms with Crippen molar-refractivity contribution in [1.82, 2.24) is 4.90 Å². The average Bonchev–Trinajstić information content (AvgIpc) is 2.34. The molecule has 2 rings (SSSR count). The molecule has 0 aromatic heterocycles. The predicted molar refractivity (Wildman–Crippen MR) is 74.7 cm³/mol. The molecule has 100 valence electrons. The Morgan fingerprint density at radius 2 is 2.06 bits per heavy atom. The van der Waals surface area contributed by atoms with Crippen molar-refractivity contribution >= 4 is 17.3 Å². The quantitative estimate of drug-likeness (QED) is 0.902. The van der Waals surface area contributed by atoms with E-state index in [0.717, 1.165) is 25.9 Å². The van der Waals surface area contributed by atoms with Crippen molar-refractivity contribution in [3.63, 3.8) is 0 Å². The number of likely N-dealkylation sites (tertiary alicyclic amines) is 1. The van der Waals surface area contributed by atoms with Crippen LogP contribution >= 0.6 is 11.6 Å². The minimum Gasteiger partial charge on any atom is -0.379 e. The Hall–Kier alpha value is -0.800. The van der Waals surface area contributed by atoms with Gasteiger partial charge in [0.25, 0.3) is 0 Å². The summed E-state index contributed by atoms with van der Waals surface area (Å²) in [5.74, 6) is 0.305. The van der Waals surface area contributed by atoms with Crippen LogP contribution in [0.25, 0.3) is 0 Å². The normalized spacial score (nSPS) is 19.8. The van der Waals surface area contributed by atoms with Crippen LogP contribution in [0.5, 0.6) is 0 Å². The molecule has 1 N–H and O–H groups in total. The highest BCUT2D eigenvalue weighted by Gasteiger charge is 2.23. The van der Waals surface area contributed by atoms with E-state index >= 15 is 0 Å². The van der Waals surface area contributed by atoms with Gasteiger partial charge in [-0.2, -0.15) is 0 Å². The first-order valence-electron chi connectivity index (χ1n) is 6.47. The highest BCUT2D eigenvalue weighted by Crippen LogP contribution is 2.28. The molecule has 1 fully saturated rings. The number of hydrogen-bond acceptors (Lipinski definition) is 2. The first kappa shape index (κ1) is 13.6. The molecule has 1 heterocycles. The van der Waals surface area contributed by atoms with Crippen molar-refractivity contribution < 1.29 is 4.39 Å². The fourth-order valence-corrected chi connectivity index (χ4v) is 2.73. The van der Waals surface area contributed by atoms with Crippen LogP contribution in [-0.4, -0.2) is 31.1 Å². The van der Waals surface area contributed by atoms with Crippen LogP contribution in [-0.2, 0) is 0 Å². The minimum atomic E-state index is -0.276. The Morgan fingerprint density at radius 1 is 1.39 bits per heavy atom. The van der Waals surface area contributed by atoms with E-state index in [1.807, 2.05) is 0 Å². The van der Waals surface area contributed by atoms with Crippen LogP contribution in [0.3, 0.4) is 0 Å². The van der Waals surface area contributed by atoms with Crippen LogP contribution in [0.2, 0.25) is 5.02 Å². The van der Waals surface area contributed by atoms with Gasteiger partial charge in [0.05, 0.1) is 10.7 Å². The summed E-state index contributed by atoms with van der Waals surface area (Å²) in [7, 11) is 2.14. The molecular weight excluding hydrogens is 251 g/mol. The molecule has 1 saturated heterocycles. The van der Waals surface area contributed by atoms with Gasteiger partial charge in [0.15, 0.2) is 0 Å².